The predicted molar refractivity (Wildman–Crippen MR) is 319 cm³/mol. The number of ether oxygens (including phenoxy) is 4. The van der Waals surface area contributed by atoms with Crippen LogP contribution in [0.2, 0.25) is 0 Å². The molecule has 1 N–H and O–H groups in total. The Balaban J connectivity index is 0.000000189. The molecule has 84 heavy (non-hydrogen) atoms. The van der Waals surface area contributed by atoms with Crippen LogP contribution in [0.25, 0.3) is 42.9 Å². The Morgan fingerprint density at radius 2 is 1.01 bits per heavy atom. The monoisotopic (exact) mass is 1270 g/mol. The number of sulfone groups is 2. The summed E-state index contributed by atoms with van der Waals surface area (Å²) in [5.74, 6) is 1.66. The Hall–Kier alpha value is -5.06. The van der Waals surface area contributed by atoms with E-state index in [-0.39, 0.29) is 11.5 Å². The van der Waals surface area contributed by atoms with Crippen LogP contribution in [-0.4, -0.2) is 220 Å². The Bertz CT molecular complexity index is 3590. The number of hydrogen-bond donors (Lipinski definition) is 1. The summed E-state index contributed by atoms with van der Waals surface area (Å²) in [7, 11) is -8.91. The minimum Gasteiger partial charge on any atom is -0.481 e. The van der Waals surface area contributed by atoms with Crippen molar-refractivity contribution in [2.45, 2.75) is 57.8 Å². The van der Waals surface area contributed by atoms with Crippen molar-refractivity contribution in [2.24, 2.45) is 0 Å². The maximum atomic E-state index is 12.1. The number of halogens is 3. The van der Waals surface area contributed by atoms with Gasteiger partial charge in [0, 0.05) is 160 Å². The summed E-state index contributed by atoms with van der Waals surface area (Å²) >= 11 is 3.38. The highest BCUT2D eigenvalue weighted by molar-refractivity contribution is 7.90. The standard InChI is InChI=1S/C26H36N6O4S2.C24H32N6O4S2.C3H5F3O3S/c1-5-30-6-8-31(9-7-30)16-21-18(2)37-24-22(28-26(29-23(21)24)32-10-12-36-13-11-32)19-14-20(17-38(4,33)34)25(35-3)27-15-19;1-16-19(14-29-6-4-25-5-7-29)21-22(35-16)20(27-24(28-21)30-8-10-34-11-9-30)17-12-18(15-36(3,31)32)23(33-2)26-13-17;1-2-9-10(7,8)3(4,5)6/h14-15H,5-13,16-17H2,1-4H3;12-13,25H,4-11,14-15H2,1-3H3;2H2,1H3. The van der Waals surface area contributed by atoms with Gasteiger partial charge in [0.2, 0.25) is 23.7 Å². The average Bonchev–Trinajstić information content (AvgIpc) is 2.57. The van der Waals surface area contributed by atoms with E-state index in [0.29, 0.717) is 61.2 Å². The summed E-state index contributed by atoms with van der Waals surface area (Å²) in [6.45, 7) is 23.6. The number of aromatic nitrogens is 6. The number of aryl methyl sites for hydroxylation is 2. The van der Waals surface area contributed by atoms with E-state index in [1.807, 2.05) is 12.1 Å². The van der Waals surface area contributed by atoms with Crippen LogP contribution in [0.3, 0.4) is 0 Å². The van der Waals surface area contributed by atoms with Gasteiger partial charge in [0.25, 0.3) is 0 Å². The molecule has 6 aromatic rings. The Kier molecular flexibility index (Phi) is 21.8. The van der Waals surface area contributed by atoms with E-state index < -0.39 is 41.9 Å². The van der Waals surface area contributed by atoms with Crippen molar-refractivity contribution in [1.29, 1.82) is 0 Å². The number of likely N-dealkylation sites (N-methyl/N-ethyl adjacent to an activating group) is 1. The number of anilines is 2. The highest BCUT2D eigenvalue weighted by Crippen LogP contribution is 2.41. The molecule has 6 aromatic heterocycles. The summed E-state index contributed by atoms with van der Waals surface area (Å²) in [4.78, 5) is 43.3. The maximum Gasteiger partial charge on any atom is 0.523 e. The van der Waals surface area contributed by atoms with Gasteiger partial charge in [-0.05, 0) is 39.4 Å². The number of nitrogens with one attached hydrogen (secondary N) is 1. The van der Waals surface area contributed by atoms with Crippen molar-refractivity contribution in [1.82, 2.24) is 49.9 Å². The summed E-state index contributed by atoms with van der Waals surface area (Å²) in [6.07, 6.45) is 5.85. The van der Waals surface area contributed by atoms with Gasteiger partial charge in [0.05, 0.1) is 90.6 Å². The van der Waals surface area contributed by atoms with Crippen molar-refractivity contribution in [3.05, 3.63) is 56.5 Å². The van der Waals surface area contributed by atoms with E-state index in [0.717, 1.165) is 148 Å². The van der Waals surface area contributed by atoms with Crippen LogP contribution < -0.4 is 24.6 Å². The molecule has 0 unspecified atom stereocenters. The molecule has 0 aromatic carbocycles. The highest BCUT2D eigenvalue weighted by atomic mass is 32.2. The SMILES string of the molecule is CCN1CCN(Cc2c(C)sc3c(-c4cnc(OC)c(CS(C)(=O)=O)c4)nc(N4CCOCC4)nc23)CC1.CCOS(=O)(=O)C(F)(F)F.COc1ncc(-c2nc(N3CCOCC3)nc3c(CN4CCNCC4)c(C)sc23)cc1CS(C)(=O)=O. The smallest absolute Gasteiger partial charge is 0.481 e. The van der Waals surface area contributed by atoms with Gasteiger partial charge in [0.15, 0.2) is 19.7 Å². The molecule has 4 fully saturated rings. The van der Waals surface area contributed by atoms with Crippen LogP contribution in [0.4, 0.5) is 25.1 Å². The fourth-order valence-electron chi connectivity index (χ4n) is 10.0. The zero-order chi connectivity index (χ0) is 60.6. The second-order valence-electron chi connectivity index (χ2n) is 20.5. The second kappa shape index (κ2) is 28.2. The van der Waals surface area contributed by atoms with Crippen LogP contribution in [0.5, 0.6) is 11.8 Å². The maximum absolute atomic E-state index is 12.1. The van der Waals surface area contributed by atoms with Crippen molar-refractivity contribution in [3.8, 4) is 34.3 Å². The molecule has 462 valence electrons. The van der Waals surface area contributed by atoms with Gasteiger partial charge in [-0.3, -0.25) is 14.0 Å². The number of alkyl halides is 3. The molecule has 4 aliphatic heterocycles. The Labute approximate surface area is 496 Å². The van der Waals surface area contributed by atoms with Crippen molar-refractivity contribution in [2.75, 3.05) is 155 Å². The number of methoxy groups -OCH3 is 2. The second-order valence-corrected chi connectivity index (χ2v) is 28.9. The topological polar surface area (TPSA) is 254 Å². The molecule has 10 heterocycles. The lowest BCUT2D eigenvalue weighted by Gasteiger charge is -2.34. The van der Waals surface area contributed by atoms with Crippen LogP contribution >= 0.6 is 22.7 Å². The lowest BCUT2D eigenvalue weighted by molar-refractivity contribution is -0.0539. The average molecular weight is 1270 g/mol. The molecule has 0 radical (unpaired) electrons. The number of hydrogen-bond acceptors (Lipinski definition) is 25. The van der Waals surface area contributed by atoms with Gasteiger partial charge < -0.3 is 39.0 Å². The summed E-state index contributed by atoms with van der Waals surface area (Å²) in [5, 5.41) is 3.42. The molecule has 4 saturated heterocycles. The molecule has 0 bridgehead atoms. The van der Waals surface area contributed by atoms with E-state index in [1.165, 1.54) is 47.6 Å². The first-order valence-electron chi connectivity index (χ1n) is 27.4. The van der Waals surface area contributed by atoms with Gasteiger partial charge in [0.1, 0.15) is 0 Å². The summed E-state index contributed by atoms with van der Waals surface area (Å²) < 4.78 is 129. The molecule has 31 heteroatoms. The van der Waals surface area contributed by atoms with E-state index in [9.17, 15) is 38.4 Å². The van der Waals surface area contributed by atoms with Gasteiger partial charge in [-0.2, -0.15) is 21.6 Å². The van der Waals surface area contributed by atoms with Crippen molar-refractivity contribution >= 4 is 84.8 Å². The van der Waals surface area contributed by atoms with E-state index in [4.69, 9.17) is 38.9 Å². The minimum atomic E-state index is -5.35. The lowest BCUT2D eigenvalue weighted by Crippen LogP contribution is -2.45. The normalized spacial score (nSPS) is 17.2. The number of nitrogens with zero attached hydrogens (tertiary/aromatic N) is 11. The Morgan fingerprint density at radius 1 is 0.607 bits per heavy atom. The van der Waals surface area contributed by atoms with Gasteiger partial charge in [-0.25, -0.2) is 46.7 Å². The fraction of sp³-hybridized carbons (Fsp3) is 0.585. The zero-order valence-corrected chi connectivity index (χ0v) is 52.5. The van der Waals surface area contributed by atoms with Crippen LogP contribution in [0.1, 0.15) is 45.9 Å². The van der Waals surface area contributed by atoms with Crippen LogP contribution in [0, 0.1) is 13.8 Å². The first-order valence-corrected chi connectivity index (χ1v) is 34.6. The first-order chi connectivity index (χ1) is 39.9. The minimum absolute atomic E-state index is 0.153. The molecule has 4 aliphatic rings. The molecule has 0 saturated carbocycles. The van der Waals surface area contributed by atoms with E-state index in [1.54, 1.807) is 35.1 Å². The summed E-state index contributed by atoms with van der Waals surface area (Å²) in [5.41, 5.74) is 3.20. The number of fused-ring (bicyclic) bond motifs is 2. The molecule has 23 nitrogen and oxygen atoms in total. The lowest BCUT2D eigenvalue weighted by atomic mass is 10.1. The molecule has 0 atom stereocenters. The number of rotatable bonds is 17. The number of thiophene rings is 2. The molecule has 0 amide bonds. The third kappa shape index (κ3) is 16.5. The fourth-order valence-corrected chi connectivity index (χ4v) is 14.2. The van der Waals surface area contributed by atoms with Crippen molar-refractivity contribution in [3.63, 3.8) is 0 Å². The molecule has 0 aliphatic carbocycles. The van der Waals surface area contributed by atoms with Gasteiger partial charge in [-0.1, -0.05) is 6.92 Å². The molecular weight excluding hydrogens is 1200 g/mol. The zero-order valence-electron chi connectivity index (χ0n) is 48.5. The molecule has 10 rings (SSSR count). The summed E-state index contributed by atoms with van der Waals surface area (Å²) in [6, 6.07) is 3.68. The highest BCUT2D eigenvalue weighted by Gasteiger charge is 2.47. The third-order valence-electron chi connectivity index (χ3n) is 14.3. The molecular formula is C53H73F3N12O11S5. The predicted octanol–water partition coefficient (Wildman–Crippen LogP) is 5.32. The third-order valence-corrected chi connectivity index (χ3v) is 19.4. The van der Waals surface area contributed by atoms with Gasteiger partial charge >= 0.3 is 15.6 Å². The van der Waals surface area contributed by atoms with Gasteiger partial charge in [-0.15, -0.1) is 22.7 Å². The first kappa shape index (κ1) is 64.9. The van der Waals surface area contributed by atoms with Crippen LogP contribution in [0.15, 0.2) is 24.5 Å². The largest absolute Gasteiger partial charge is 0.523 e. The Morgan fingerprint density at radius 3 is 1.37 bits per heavy atom. The van der Waals surface area contributed by atoms with Crippen molar-refractivity contribution < 1.29 is 61.6 Å². The van der Waals surface area contributed by atoms with E-state index in [2.05, 4.69) is 64.7 Å². The van der Waals surface area contributed by atoms with E-state index >= 15 is 0 Å². The number of morpholine rings is 2. The molecule has 0 spiro atoms. The van der Waals surface area contributed by atoms with Crippen LogP contribution in [-0.2, 0) is 68.0 Å². The number of pyridine rings is 2. The number of piperazine rings is 2. The quantitative estimate of drug-likeness (QED) is 0.0896.